The van der Waals surface area contributed by atoms with Crippen molar-refractivity contribution >= 4 is 48.9 Å². The maximum atomic E-state index is 12.2. The van der Waals surface area contributed by atoms with E-state index < -0.39 is 37.0 Å². The van der Waals surface area contributed by atoms with Gasteiger partial charge in [-0.1, -0.05) is 44.2 Å². The Morgan fingerprint density at radius 2 is 1.48 bits per heavy atom. The van der Waals surface area contributed by atoms with Gasteiger partial charge in [0.05, 0.1) is 42.9 Å². The number of carboxylic acids is 1. The minimum Gasteiger partial charge on any atom is -0.481 e. The van der Waals surface area contributed by atoms with Crippen LogP contribution in [0.15, 0.2) is 100 Å². The minimum atomic E-state index is -4.43. The molecule has 0 radical (unpaired) electrons. The molecule has 0 saturated carbocycles. The van der Waals surface area contributed by atoms with Gasteiger partial charge in [0.15, 0.2) is 12.3 Å². The number of benzene rings is 3. The molecule has 58 heavy (non-hydrogen) atoms. The second-order valence-electron chi connectivity index (χ2n) is 17.2. The lowest BCUT2D eigenvalue weighted by atomic mass is 9.81. The van der Waals surface area contributed by atoms with Crippen molar-refractivity contribution in [1.29, 1.82) is 0 Å². The van der Waals surface area contributed by atoms with Gasteiger partial charge in [0.25, 0.3) is 20.2 Å². The Morgan fingerprint density at radius 1 is 0.862 bits per heavy atom. The molecule has 0 saturated heterocycles. The number of hydrogen-bond acceptors (Lipinski definition) is 7. The Kier molecular flexibility index (Phi) is 13.1. The van der Waals surface area contributed by atoms with Crippen molar-refractivity contribution in [3.63, 3.8) is 0 Å². The molecule has 0 fully saturated rings. The van der Waals surface area contributed by atoms with Crippen LogP contribution in [0.25, 0.3) is 5.57 Å². The summed E-state index contributed by atoms with van der Waals surface area (Å²) in [5, 5.41) is 12.5. The van der Waals surface area contributed by atoms with Gasteiger partial charge in [0, 0.05) is 66.9 Å². The molecule has 5 rings (SSSR count). The van der Waals surface area contributed by atoms with Crippen molar-refractivity contribution < 1.29 is 44.9 Å². The molecule has 0 spiro atoms. The van der Waals surface area contributed by atoms with Gasteiger partial charge in [0.2, 0.25) is 5.69 Å². The van der Waals surface area contributed by atoms with Crippen molar-refractivity contribution in [2.24, 2.45) is 0 Å². The summed E-state index contributed by atoms with van der Waals surface area (Å²) >= 11 is 0. The van der Waals surface area contributed by atoms with Crippen LogP contribution in [0.1, 0.15) is 69.2 Å². The Labute approximate surface area is 344 Å². The first kappa shape index (κ1) is 44.7. The van der Waals surface area contributed by atoms with E-state index in [0.717, 1.165) is 81.0 Å². The Morgan fingerprint density at radius 3 is 2.07 bits per heavy atom. The summed E-state index contributed by atoms with van der Waals surface area (Å²) < 4.78 is 71.8. The molecule has 0 bridgehead atoms. The molecule has 312 valence electrons. The molecule has 0 unspecified atom stereocenters. The second kappa shape index (κ2) is 17.0. The molecule has 0 amide bonds. The van der Waals surface area contributed by atoms with E-state index in [9.17, 15) is 35.8 Å². The first-order valence-electron chi connectivity index (χ1n) is 19.5. The average molecular weight is 835 g/mol. The summed E-state index contributed by atoms with van der Waals surface area (Å²) in [7, 11) is -0.542. The number of rotatable bonds is 17. The highest BCUT2D eigenvalue weighted by Crippen LogP contribution is 2.49. The molecule has 4 N–H and O–H groups in total. The van der Waals surface area contributed by atoms with Crippen LogP contribution >= 0.6 is 0 Å². The maximum absolute atomic E-state index is 12.2. The number of carbonyl (C=O) groups is 1. The zero-order valence-electron chi connectivity index (χ0n) is 34.8. The summed E-state index contributed by atoms with van der Waals surface area (Å²) in [6.45, 7) is 11.2. The topological polar surface area (TPSA) is 164 Å². The van der Waals surface area contributed by atoms with Crippen molar-refractivity contribution in [2.45, 2.75) is 74.0 Å². The predicted molar refractivity (Wildman–Crippen MR) is 229 cm³/mol. The number of fused-ring (bicyclic) bond motifs is 2. The fourth-order valence-corrected chi connectivity index (χ4v) is 8.94. The third-order valence-electron chi connectivity index (χ3n) is 11.1. The van der Waals surface area contributed by atoms with Crippen molar-refractivity contribution in [1.82, 2.24) is 5.32 Å². The lowest BCUT2D eigenvalue weighted by molar-refractivity contribution is -0.870. The number of carboxylic acid groups (broad SMARTS) is 1. The van der Waals surface area contributed by atoms with Crippen LogP contribution in [-0.4, -0.2) is 106 Å². The molecule has 2 aliphatic rings. The average Bonchev–Trinajstić information content (AvgIpc) is 3.47. The zero-order chi connectivity index (χ0) is 42.8. The Bertz CT molecular complexity index is 2400. The first-order valence-corrected chi connectivity index (χ1v) is 22.4. The zero-order valence-corrected chi connectivity index (χ0v) is 36.4. The molecule has 0 aromatic heterocycles. The number of aryl methyl sites for hydroxylation is 1. The van der Waals surface area contributed by atoms with E-state index in [4.69, 9.17) is 0 Å². The molecule has 14 heteroatoms. The number of anilines is 1. The number of quaternary nitrogens is 1. The number of hydrogen-bond donors (Lipinski definition) is 4. The number of nitrogens with one attached hydrogen (secondary N) is 1. The third-order valence-corrected chi connectivity index (χ3v) is 12.8. The van der Waals surface area contributed by atoms with Gasteiger partial charge in [-0.3, -0.25) is 13.9 Å². The summed E-state index contributed by atoms with van der Waals surface area (Å²) in [4.78, 5) is 13.2. The van der Waals surface area contributed by atoms with Crippen LogP contribution in [0.4, 0.5) is 11.4 Å². The normalized spacial score (nSPS) is 17.4. The van der Waals surface area contributed by atoms with Crippen molar-refractivity contribution in [3.8, 4) is 0 Å². The van der Waals surface area contributed by atoms with Gasteiger partial charge in [-0.2, -0.15) is 21.4 Å². The summed E-state index contributed by atoms with van der Waals surface area (Å²) in [5.41, 5.74) is 6.54. The van der Waals surface area contributed by atoms with Gasteiger partial charge in [-0.05, 0) is 92.1 Å². The van der Waals surface area contributed by atoms with Gasteiger partial charge in [0.1, 0.15) is 0 Å². The first-order chi connectivity index (χ1) is 26.9. The van der Waals surface area contributed by atoms with Gasteiger partial charge in [-0.25, -0.2) is 0 Å². The predicted octanol–water partition coefficient (Wildman–Crippen LogP) is 6.60. The second-order valence-corrected chi connectivity index (χ2v) is 20.0. The third kappa shape index (κ3) is 10.0. The number of nitrogens with zero attached hydrogens (tertiary/aromatic N) is 3. The molecule has 12 nitrogen and oxygen atoms in total. The lowest BCUT2D eigenvalue weighted by Gasteiger charge is -2.29. The molecule has 3 aromatic rings. The largest absolute Gasteiger partial charge is 0.481 e. The quantitative estimate of drug-likeness (QED) is 0.0383. The SMILES string of the molecule is CNCCC[N+]1=C(/C=C/C(=C/C=C2/N(CCC[N+](C)(C)C)c3ccc(S(=O)(=O)O)cc3C2(C)C)c2ccc(CCC(=O)O)cc2)C(C)(C)c2cc(S(=O)(=O)O)ccc21. The molecular weight excluding hydrogens is 777 g/mol. The highest BCUT2D eigenvalue weighted by molar-refractivity contribution is 7.86. The van der Waals surface area contributed by atoms with Gasteiger partial charge >= 0.3 is 5.97 Å². The van der Waals surface area contributed by atoms with E-state index in [1.165, 1.54) is 12.1 Å². The minimum absolute atomic E-state index is 0.0174. The molecule has 2 aliphatic heterocycles. The van der Waals surface area contributed by atoms with E-state index in [0.29, 0.717) is 19.5 Å². The summed E-state index contributed by atoms with van der Waals surface area (Å²) in [6.07, 6.45) is 10.3. The smallest absolute Gasteiger partial charge is 0.303 e. The summed E-state index contributed by atoms with van der Waals surface area (Å²) in [6, 6.07) is 17.3. The van der Waals surface area contributed by atoms with Crippen LogP contribution < -0.4 is 10.2 Å². The Hall–Kier alpha value is -4.44. The lowest BCUT2D eigenvalue weighted by Crippen LogP contribution is -2.37. The summed E-state index contributed by atoms with van der Waals surface area (Å²) in [5.74, 6) is -0.866. The number of allylic oxidation sites excluding steroid dienone is 6. The van der Waals surface area contributed by atoms with Crippen molar-refractivity contribution in [2.75, 3.05) is 59.3 Å². The fourth-order valence-electron chi connectivity index (χ4n) is 7.93. The van der Waals surface area contributed by atoms with Crippen molar-refractivity contribution in [3.05, 3.63) is 113 Å². The van der Waals surface area contributed by atoms with E-state index in [-0.39, 0.29) is 16.2 Å². The molecular formula is C44H58N4O8S2+2. The van der Waals surface area contributed by atoms with Crippen LogP contribution in [0, 0.1) is 0 Å². The van der Waals surface area contributed by atoms with Gasteiger partial charge < -0.3 is 19.8 Å². The number of aliphatic carboxylic acids is 1. The van der Waals surface area contributed by atoms with Crippen LogP contribution in [0.5, 0.6) is 0 Å². The van der Waals surface area contributed by atoms with Gasteiger partial charge in [-0.15, -0.1) is 0 Å². The highest BCUT2D eigenvalue weighted by atomic mass is 32.2. The van der Waals surface area contributed by atoms with Crippen LogP contribution in [-0.2, 0) is 42.3 Å². The van der Waals surface area contributed by atoms with E-state index >= 15 is 0 Å². The fraction of sp³-hybridized carbons (Fsp3) is 0.409. The van der Waals surface area contributed by atoms with E-state index in [1.807, 2.05) is 71.2 Å². The molecule has 3 aromatic carbocycles. The standard InChI is InChI=1S/C44H56N4O8S2/c1-43(2)36-29-34(57(51,52)53)18-20-38(36)46(26-9-25-45-5)40(43)22-16-33(32-14-11-31(12-15-32)13-24-42(49)50)17-23-41-44(3,4)37-30-35(58(54,55)56)19-21-39(37)47(41)27-10-28-48(6,7)8/h11-12,14-23,29-30,45H,9-10,13,24-28H2,1-8H3,(H-2,49,50,51,52,53,54,55,56)/p+2. The molecule has 0 aliphatic carbocycles. The monoisotopic (exact) mass is 834 g/mol. The molecule has 2 heterocycles. The van der Waals surface area contributed by atoms with Crippen LogP contribution in [0.3, 0.4) is 0 Å². The van der Waals surface area contributed by atoms with E-state index in [1.54, 1.807) is 24.3 Å². The van der Waals surface area contributed by atoms with Crippen LogP contribution in [0.2, 0.25) is 0 Å². The highest BCUT2D eigenvalue weighted by Gasteiger charge is 2.45. The molecule has 0 atom stereocenters. The Balaban J connectivity index is 1.67. The maximum Gasteiger partial charge on any atom is 0.303 e. The van der Waals surface area contributed by atoms with E-state index in [2.05, 4.69) is 48.1 Å².